The van der Waals surface area contributed by atoms with Gasteiger partial charge in [0.05, 0.1) is 5.52 Å². The standard InChI is InChI=1S/C23H18N2O3/c1-14-3-5-18(11-15(14)2)25-13-20(23(27)28)22(26)19-6-4-17(12-21(19)25)16-7-9-24-10-8-16/h3-13H,1-2H3,(H,27,28). The molecule has 4 aromatic rings. The van der Waals surface area contributed by atoms with Crippen LogP contribution in [0.2, 0.25) is 0 Å². The minimum atomic E-state index is -1.23. The van der Waals surface area contributed by atoms with Gasteiger partial charge in [-0.25, -0.2) is 4.79 Å². The lowest BCUT2D eigenvalue weighted by atomic mass is 10.0. The van der Waals surface area contributed by atoms with Crippen molar-refractivity contribution in [3.8, 4) is 16.8 Å². The highest BCUT2D eigenvalue weighted by Crippen LogP contribution is 2.26. The third kappa shape index (κ3) is 2.97. The van der Waals surface area contributed by atoms with Crippen LogP contribution < -0.4 is 5.43 Å². The third-order valence-electron chi connectivity index (χ3n) is 5.02. The zero-order valence-electron chi connectivity index (χ0n) is 15.5. The highest BCUT2D eigenvalue weighted by Gasteiger charge is 2.16. The normalized spacial score (nSPS) is 10.9. The molecule has 138 valence electrons. The van der Waals surface area contributed by atoms with E-state index in [9.17, 15) is 14.7 Å². The summed E-state index contributed by atoms with van der Waals surface area (Å²) in [6.07, 6.45) is 4.83. The van der Waals surface area contributed by atoms with Gasteiger partial charge in [-0.2, -0.15) is 0 Å². The predicted molar refractivity (Wildman–Crippen MR) is 109 cm³/mol. The van der Waals surface area contributed by atoms with E-state index in [1.165, 1.54) is 6.20 Å². The van der Waals surface area contributed by atoms with Gasteiger partial charge in [0, 0.05) is 29.7 Å². The first-order valence-electron chi connectivity index (χ1n) is 8.86. The second-order valence-electron chi connectivity index (χ2n) is 6.78. The Morgan fingerprint density at radius 2 is 1.68 bits per heavy atom. The van der Waals surface area contributed by atoms with Crippen LogP contribution in [0.15, 0.2) is 71.9 Å². The Morgan fingerprint density at radius 1 is 0.929 bits per heavy atom. The molecule has 0 unspecified atom stereocenters. The Balaban J connectivity index is 2.07. The van der Waals surface area contributed by atoms with Crippen LogP contribution in [0.5, 0.6) is 0 Å². The van der Waals surface area contributed by atoms with E-state index in [4.69, 9.17) is 0 Å². The lowest BCUT2D eigenvalue weighted by molar-refractivity contribution is 0.0695. The van der Waals surface area contributed by atoms with E-state index >= 15 is 0 Å². The summed E-state index contributed by atoms with van der Waals surface area (Å²) in [6.45, 7) is 4.02. The molecule has 0 spiro atoms. The van der Waals surface area contributed by atoms with Crippen molar-refractivity contribution in [2.75, 3.05) is 0 Å². The molecule has 5 nitrogen and oxygen atoms in total. The van der Waals surface area contributed by atoms with Crippen molar-refractivity contribution in [3.05, 3.63) is 94.0 Å². The molecule has 0 saturated heterocycles. The maximum atomic E-state index is 12.7. The van der Waals surface area contributed by atoms with Crippen LogP contribution in [0.25, 0.3) is 27.7 Å². The van der Waals surface area contributed by atoms with Gasteiger partial charge >= 0.3 is 5.97 Å². The van der Waals surface area contributed by atoms with E-state index in [-0.39, 0.29) is 5.56 Å². The Bertz CT molecular complexity index is 1270. The van der Waals surface area contributed by atoms with Crippen LogP contribution in [0.1, 0.15) is 21.5 Å². The van der Waals surface area contributed by atoms with Gasteiger partial charge in [-0.1, -0.05) is 12.1 Å². The summed E-state index contributed by atoms with van der Waals surface area (Å²) in [4.78, 5) is 28.4. The van der Waals surface area contributed by atoms with Crippen LogP contribution in [0.3, 0.4) is 0 Å². The van der Waals surface area contributed by atoms with Crippen LogP contribution in [-0.4, -0.2) is 20.6 Å². The Kier molecular flexibility index (Phi) is 4.28. The van der Waals surface area contributed by atoms with Gasteiger partial charge in [-0.05, 0) is 72.5 Å². The predicted octanol–water partition coefficient (Wildman–Crippen LogP) is 4.37. The molecule has 5 heteroatoms. The molecule has 4 rings (SSSR count). The molecule has 0 bridgehead atoms. The van der Waals surface area contributed by atoms with Gasteiger partial charge < -0.3 is 9.67 Å². The highest BCUT2D eigenvalue weighted by atomic mass is 16.4. The fourth-order valence-electron chi connectivity index (χ4n) is 3.29. The Labute approximate surface area is 161 Å². The van der Waals surface area contributed by atoms with E-state index in [1.807, 2.05) is 56.3 Å². The molecular formula is C23H18N2O3. The molecule has 0 amide bonds. The molecule has 2 aromatic carbocycles. The SMILES string of the molecule is Cc1ccc(-n2cc(C(=O)O)c(=O)c3ccc(-c4ccncc4)cc32)cc1C. The fraction of sp³-hybridized carbons (Fsp3) is 0.0870. The minimum Gasteiger partial charge on any atom is -0.477 e. The molecule has 28 heavy (non-hydrogen) atoms. The zero-order chi connectivity index (χ0) is 19.8. The lowest BCUT2D eigenvalue weighted by Gasteiger charge is -2.15. The highest BCUT2D eigenvalue weighted by molar-refractivity contribution is 5.94. The molecule has 2 heterocycles. The zero-order valence-corrected chi connectivity index (χ0v) is 15.5. The molecule has 1 N–H and O–H groups in total. The van der Waals surface area contributed by atoms with Crippen molar-refractivity contribution >= 4 is 16.9 Å². The van der Waals surface area contributed by atoms with E-state index in [0.717, 1.165) is 27.9 Å². The van der Waals surface area contributed by atoms with Gasteiger partial charge in [0.15, 0.2) is 0 Å². The molecule has 0 aliphatic rings. The van der Waals surface area contributed by atoms with Gasteiger partial charge in [0.25, 0.3) is 0 Å². The van der Waals surface area contributed by atoms with Gasteiger partial charge in [-0.15, -0.1) is 0 Å². The molecule has 0 atom stereocenters. The van der Waals surface area contributed by atoms with Crippen LogP contribution >= 0.6 is 0 Å². The van der Waals surface area contributed by atoms with Gasteiger partial charge in [-0.3, -0.25) is 9.78 Å². The molecule has 0 aliphatic carbocycles. The summed E-state index contributed by atoms with van der Waals surface area (Å²) in [5, 5.41) is 9.88. The topological polar surface area (TPSA) is 72.2 Å². The summed E-state index contributed by atoms with van der Waals surface area (Å²) in [5.74, 6) is -1.23. The van der Waals surface area contributed by atoms with Gasteiger partial charge in [0.1, 0.15) is 5.56 Å². The lowest BCUT2D eigenvalue weighted by Crippen LogP contribution is -2.18. The summed E-state index contributed by atoms with van der Waals surface area (Å²) >= 11 is 0. The smallest absolute Gasteiger partial charge is 0.341 e. The van der Waals surface area contributed by atoms with E-state index in [2.05, 4.69) is 4.98 Å². The third-order valence-corrected chi connectivity index (χ3v) is 5.02. The maximum Gasteiger partial charge on any atom is 0.341 e. The fourth-order valence-corrected chi connectivity index (χ4v) is 3.29. The number of hydrogen-bond donors (Lipinski definition) is 1. The summed E-state index contributed by atoms with van der Waals surface area (Å²) in [5.41, 5.74) is 4.87. The monoisotopic (exact) mass is 370 g/mol. The number of rotatable bonds is 3. The van der Waals surface area contributed by atoms with Crippen molar-refractivity contribution < 1.29 is 9.90 Å². The first-order chi connectivity index (χ1) is 13.5. The quantitative estimate of drug-likeness (QED) is 0.581. The molecule has 0 radical (unpaired) electrons. The van der Waals surface area contributed by atoms with Crippen molar-refractivity contribution in [3.63, 3.8) is 0 Å². The summed E-state index contributed by atoms with van der Waals surface area (Å²) in [6, 6.07) is 15.1. The first-order valence-corrected chi connectivity index (χ1v) is 8.86. The number of carboxylic acid groups (broad SMARTS) is 1. The molecule has 0 aliphatic heterocycles. The van der Waals surface area contributed by atoms with Crippen LogP contribution in [0.4, 0.5) is 0 Å². The molecule has 0 fully saturated rings. The van der Waals surface area contributed by atoms with Crippen LogP contribution in [0, 0.1) is 13.8 Å². The summed E-state index contributed by atoms with van der Waals surface area (Å²) < 4.78 is 1.78. The average Bonchev–Trinajstić information content (AvgIpc) is 2.70. The molecule has 2 aromatic heterocycles. The van der Waals surface area contributed by atoms with E-state index in [1.54, 1.807) is 23.0 Å². The largest absolute Gasteiger partial charge is 0.477 e. The number of carboxylic acids is 1. The Morgan fingerprint density at radius 3 is 2.36 bits per heavy atom. The number of carbonyl (C=O) groups is 1. The molecular weight excluding hydrogens is 352 g/mol. The van der Waals surface area contributed by atoms with Crippen molar-refractivity contribution in [2.24, 2.45) is 0 Å². The van der Waals surface area contributed by atoms with Crippen molar-refractivity contribution in [2.45, 2.75) is 13.8 Å². The number of aryl methyl sites for hydroxylation is 2. The number of aromatic carboxylic acids is 1. The maximum absolute atomic E-state index is 12.7. The number of pyridine rings is 2. The number of aromatic nitrogens is 2. The number of fused-ring (bicyclic) bond motifs is 1. The minimum absolute atomic E-state index is 0.248. The van der Waals surface area contributed by atoms with E-state index in [0.29, 0.717) is 10.9 Å². The van der Waals surface area contributed by atoms with Gasteiger partial charge in [0.2, 0.25) is 5.43 Å². The van der Waals surface area contributed by atoms with E-state index < -0.39 is 11.4 Å². The second kappa shape index (κ2) is 6.78. The number of benzene rings is 2. The Hall–Kier alpha value is -3.73. The molecule has 0 saturated carbocycles. The van der Waals surface area contributed by atoms with Crippen LogP contribution in [-0.2, 0) is 0 Å². The first kappa shape index (κ1) is 17.7. The summed E-state index contributed by atoms with van der Waals surface area (Å²) in [7, 11) is 0. The van der Waals surface area contributed by atoms with Crippen molar-refractivity contribution in [1.29, 1.82) is 0 Å². The number of nitrogens with zero attached hydrogens (tertiary/aromatic N) is 2. The number of hydrogen-bond acceptors (Lipinski definition) is 3. The average molecular weight is 370 g/mol. The van der Waals surface area contributed by atoms with Crippen molar-refractivity contribution in [1.82, 2.24) is 9.55 Å². The second-order valence-corrected chi connectivity index (χ2v) is 6.78.